The number of piperazine rings is 1. The first kappa shape index (κ1) is 17.6. The average Bonchev–Trinajstić information content (AvgIpc) is 3.04. The number of likely N-dealkylation sites (N-methyl/N-ethyl adjacent to an activating group) is 1. The van der Waals surface area contributed by atoms with E-state index in [0.29, 0.717) is 0 Å². The molecule has 1 saturated heterocycles. The molecule has 0 spiro atoms. The minimum absolute atomic E-state index is 0.766. The van der Waals surface area contributed by atoms with Crippen LogP contribution in [-0.4, -0.2) is 49.2 Å². The van der Waals surface area contributed by atoms with Gasteiger partial charge in [-0.05, 0) is 61.5 Å². The highest BCUT2D eigenvalue weighted by atomic mass is 35.5. The van der Waals surface area contributed by atoms with Gasteiger partial charge in [-0.2, -0.15) is 0 Å². The Balaban J connectivity index is 1.63. The third kappa shape index (κ3) is 3.52. The van der Waals surface area contributed by atoms with Gasteiger partial charge in [-0.1, -0.05) is 11.6 Å². The van der Waals surface area contributed by atoms with Crippen molar-refractivity contribution < 1.29 is 4.74 Å². The van der Waals surface area contributed by atoms with Crippen molar-refractivity contribution in [1.82, 2.24) is 8.87 Å². The Morgan fingerprint density at radius 1 is 1.00 bits per heavy atom. The zero-order valence-electron chi connectivity index (χ0n) is 15.0. The Morgan fingerprint density at radius 3 is 2.58 bits per heavy atom. The average molecular weight is 388 g/mol. The number of methoxy groups -OCH3 is 1. The lowest BCUT2D eigenvalue weighted by Crippen LogP contribution is -2.44. The van der Waals surface area contributed by atoms with Crippen LogP contribution in [0.3, 0.4) is 0 Å². The van der Waals surface area contributed by atoms with Gasteiger partial charge in [-0.25, -0.2) is 0 Å². The lowest BCUT2D eigenvalue weighted by atomic mass is 10.2. The van der Waals surface area contributed by atoms with E-state index in [1.54, 1.807) is 19.1 Å². The van der Waals surface area contributed by atoms with Gasteiger partial charge >= 0.3 is 0 Å². The summed E-state index contributed by atoms with van der Waals surface area (Å²) in [6, 6.07) is 14.5. The van der Waals surface area contributed by atoms with Crippen molar-refractivity contribution in [2.45, 2.75) is 4.90 Å². The summed E-state index contributed by atoms with van der Waals surface area (Å²) >= 11 is 7.81. The van der Waals surface area contributed by atoms with E-state index in [2.05, 4.69) is 57.3 Å². The molecule has 6 heteroatoms. The van der Waals surface area contributed by atoms with E-state index in [9.17, 15) is 0 Å². The molecule has 1 aliphatic rings. The molecule has 2 aromatic carbocycles. The highest BCUT2D eigenvalue weighted by molar-refractivity contribution is 7.98. The van der Waals surface area contributed by atoms with Crippen LogP contribution in [0.15, 0.2) is 53.6 Å². The standard InChI is InChI=1S/C20H22ClN3OS/c1-22-9-11-23(12-10-22)19-14-17(4-6-20(19)25-2)26-24-8-7-15-13-16(21)3-5-18(15)24/h3-8,13-14H,9-12H2,1-2H3. The van der Waals surface area contributed by atoms with E-state index >= 15 is 0 Å². The number of fused-ring (bicyclic) bond motifs is 1. The van der Waals surface area contributed by atoms with Gasteiger partial charge in [0.05, 0.1) is 18.3 Å². The summed E-state index contributed by atoms with van der Waals surface area (Å²) in [4.78, 5) is 5.96. The maximum atomic E-state index is 6.10. The van der Waals surface area contributed by atoms with Crippen LogP contribution in [0.5, 0.6) is 5.75 Å². The smallest absolute Gasteiger partial charge is 0.142 e. The predicted octanol–water partition coefficient (Wildman–Crippen LogP) is 4.61. The van der Waals surface area contributed by atoms with Crippen LogP contribution in [0.1, 0.15) is 0 Å². The summed E-state index contributed by atoms with van der Waals surface area (Å²) in [5.74, 6) is 0.933. The second-order valence-electron chi connectivity index (χ2n) is 6.56. The molecule has 3 aromatic rings. The number of nitrogens with zero attached hydrogens (tertiary/aromatic N) is 3. The molecule has 26 heavy (non-hydrogen) atoms. The zero-order chi connectivity index (χ0) is 18.1. The summed E-state index contributed by atoms with van der Waals surface area (Å²) < 4.78 is 7.79. The van der Waals surface area contributed by atoms with Crippen LogP contribution in [0.25, 0.3) is 10.9 Å². The van der Waals surface area contributed by atoms with E-state index in [1.807, 2.05) is 12.1 Å². The summed E-state index contributed by atoms with van der Waals surface area (Å²) in [5, 5.41) is 1.92. The molecular weight excluding hydrogens is 366 g/mol. The fourth-order valence-electron chi connectivity index (χ4n) is 3.30. The van der Waals surface area contributed by atoms with Gasteiger partial charge in [-0.3, -0.25) is 3.97 Å². The van der Waals surface area contributed by atoms with Crippen molar-refractivity contribution in [3.63, 3.8) is 0 Å². The van der Waals surface area contributed by atoms with Crippen LogP contribution in [0, 0.1) is 0 Å². The molecule has 136 valence electrons. The molecule has 0 radical (unpaired) electrons. The summed E-state index contributed by atoms with van der Waals surface area (Å²) in [6.07, 6.45) is 2.09. The maximum absolute atomic E-state index is 6.10. The molecule has 0 saturated carbocycles. The van der Waals surface area contributed by atoms with E-state index < -0.39 is 0 Å². The largest absolute Gasteiger partial charge is 0.495 e. The van der Waals surface area contributed by atoms with Gasteiger partial charge in [0.25, 0.3) is 0 Å². The molecule has 0 unspecified atom stereocenters. The van der Waals surface area contributed by atoms with E-state index in [1.165, 1.54) is 10.6 Å². The third-order valence-corrected chi connectivity index (χ3v) is 6.03. The van der Waals surface area contributed by atoms with Gasteiger partial charge in [0.1, 0.15) is 5.75 Å². The first-order chi connectivity index (χ1) is 12.6. The number of hydrogen-bond donors (Lipinski definition) is 0. The van der Waals surface area contributed by atoms with Crippen molar-refractivity contribution in [2.24, 2.45) is 0 Å². The molecule has 4 rings (SSSR count). The fraction of sp³-hybridized carbons (Fsp3) is 0.300. The molecule has 0 N–H and O–H groups in total. The number of hydrogen-bond acceptors (Lipinski definition) is 4. The number of rotatable bonds is 4. The van der Waals surface area contributed by atoms with E-state index in [-0.39, 0.29) is 0 Å². The second-order valence-corrected chi connectivity index (χ2v) is 8.04. The van der Waals surface area contributed by atoms with Crippen LogP contribution in [-0.2, 0) is 0 Å². The normalized spacial score (nSPS) is 15.6. The van der Waals surface area contributed by atoms with Gasteiger partial charge in [0.2, 0.25) is 0 Å². The molecule has 1 aromatic heterocycles. The number of benzene rings is 2. The lowest BCUT2D eigenvalue weighted by molar-refractivity contribution is 0.311. The summed E-state index contributed by atoms with van der Waals surface area (Å²) in [6.45, 7) is 4.19. The quantitative estimate of drug-likeness (QED) is 0.651. The monoisotopic (exact) mass is 387 g/mol. The molecule has 0 aliphatic carbocycles. The number of anilines is 1. The highest BCUT2D eigenvalue weighted by Gasteiger charge is 2.18. The van der Waals surface area contributed by atoms with Gasteiger partial charge < -0.3 is 14.5 Å². The second kappa shape index (κ2) is 7.43. The summed E-state index contributed by atoms with van der Waals surface area (Å²) in [7, 11) is 3.91. The predicted molar refractivity (Wildman–Crippen MR) is 111 cm³/mol. The minimum Gasteiger partial charge on any atom is -0.495 e. The number of aromatic nitrogens is 1. The van der Waals surface area contributed by atoms with Crippen LogP contribution in [0.2, 0.25) is 5.02 Å². The summed E-state index contributed by atoms with van der Waals surface area (Å²) in [5.41, 5.74) is 2.33. The van der Waals surface area contributed by atoms with E-state index in [0.717, 1.165) is 47.9 Å². The molecule has 0 atom stereocenters. The highest BCUT2D eigenvalue weighted by Crippen LogP contribution is 2.35. The minimum atomic E-state index is 0.766. The SMILES string of the molecule is COc1ccc(Sn2ccc3cc(Cl)ccc32)cc1N1CCN(C)CC1. The van der Waals surface area contributed by atoms with E-state index in [4.69, 9.17) is 16.3 Å². The Kier molecular flexibility index (Phi) is 5.02. The Hall–Kier alpha value is -1.82. The third-order valence-electron chi connectivity index (χ3n) is 4.81. The molecule has 1 aliphatic heterocycles. The van der Waals surface area contributed by atoms with Crippen molar-refractivity contribution in [3.8, 4) is 5.75 Å². The molecule has 0 amide bonds. The van der Waals surface area contributed by atoms with Crippen LogP contribution < -0.4 is 9.64 Å². The first-order valence-corrected chi connectivity index (χ1v) is 9.86. The Bertz CT molecular complexity index is 919. The van der Waals surface area contributed by atoms with Gasteiger partial charge in [0.15, 0.2) is 0 Å². The number of halogens is 1. The Labute approximate surface area is 163 Å². The molecule has 2 heterocycles. The van der Waals surface area contributed by atoms with Crippen LogP contribution >= 0.6 is 23.5 Å². The molecule has 0 bridgehead atoms. The van der Waals surface area contributed by atoms with Crippen LogP contribution in [0.4, 0.5) is 5.69 Å². The number of ether oxygens (including phenoxy) is 1. The molecule has 1 fully saturated rings. The fourth-order valence-corrected chi connectivity index (χ4v) is 4.39. The lowest BCUT2D eigenvalue weighted by Gasteiger charge is -2.34. The first-order valence-electron chi connectivity index (χ1n) is 8.70. The van der Waals surface area contributed by atoms with Gasteiger partial charge in [-0.15, -0.1) is 0 Å². The van der Waals surface area contributed by atoms with Crippen molar-refractivity contribution >= 4 is 40.1 Å². The van der Waals surface area contributed by atoms with Crippen molar-refractivity contribution in [3.05, 3.63) is 53.7 Å². The zero-order valence-corrected chi connectivity index (χ0v) is 16.6. The molecule has 4 nitrogen and oxygen atoms in total. The van der Waals surface area contributed by atoms with Gasteiger partial charge in [0, 0.05) is 47.7 Å². The maximum Gasteiger partial charge on any atom is 0.142 e. The van der Waals surface area contributed by atoms with Crippen molar-refractivity contribution in [1.29, 1.82) is 0 Å². The Morgan fingerprint density at radius 2 is 1.81 bits per heavy atom. The topological polar surface area (TPSA) is 20.6 Å². The van der Waals surface area contributed by atoms with Crippen molar-refractivity contribution in [2.75, 3.05) is 45.2 Å². The molecular formula is C20H22ClN3OS.